The monoisotopic (exact) mass is 450 g/mol. The molecule has 0 aromatic heterocycles. The lowest BCUT2D eigenvalue weighted by atomic mass is 9.92. The Balaban J connectivity index is 1.35. The minimum atomic E-state index is -3.63. The van der Waals surface area contributed by atoms with Crippen LogP contribution in [0.4, 0.5) is 8.78 Å². The second kappa shape index (κ2) is 8.92. The third kappa shape index (κ3) is 4.72. The van der Waals surface area contributed by atoms with Gasteiger partial charge in [-0.2, -0.15) is 4.31 Å². The van der Waals surface area contributed by atoms with Crippen LogP contribution in [0.15, 0.2) is 41.3 Å². The van der Waals surface area contributed by atoms with Crippen molar-refractivity contribution in [2.24, 2.45) is 0 Å². The van der Waals surface area contributed by atoms with Gasteiger partial charge in [-0.1, -0.05) is 6.07 Å². The number of aryl methyl sites for hydroxylation is 2. The molecule has 166 valence electrons. The van der Waals surface area contributed by atoms with Crippen molar-refractivity contribution in [1.29, 1.82) is 0 Å². The molecule has 1 aliphatic heterocycles. The quantitative estimate of drug-likeness (QED) is 0.703. The number of piperazine rings is 1. The van der Waals surface area contributed by atoms with Crippen molar-refractivity contribution >= 4 is 15.9 Å². The lowest BCUT2D eigenvalue weighted by Crippen LogP contribution is -2.51. The number of nitrogens with zero attached hydrogens (tertiary/aromatic N) is 2. The first kappa shape index (κ1) is 21.7. The Morgan fingerprint density at radius 2 is 1.65 bits per heavy atom. The van der Waals surface area contributed by atoms with Crippen molar-refractivity contribution in [2.75, 3.05) is 32.8 Å². The maximum absolute atomic E-state index is 13.6. The topological polar surface area (TPSA) is 66.9 Å². The summed E-state index contributed by atoms with van der Waals surface area (Å²) in [4.78, 5) is 14.2. The number of hydrogen-bond donors (Lipinski definition) is 0. The van der Waals surface area contributed by atoms with Crippen LogP contribution in [-0.2, 0) is 27.7 Å². The van der Waals surface area contributed by atoms with Crippen LogP contribution < -0.4 is 4.74 Å². The number of amides is 1. The van der Waals surface area contributed by atoms with E-state index in [2.05, 4.69) is 0 Å². The zero-order valence-corrected chi connectivity index (χ0v) is 17.8. The average molecular weight is 451 g/mol. The Morgan fingerprint density at radius 3 is 2.35 bits per heavy atom. The summed E-state index contributed by atoms with van der Waals surface area (Å²) in [7, 11) is -3.63. The molecule has 0 bridgehead atoms. The molecule has 0 radical (unpaired) electrons. The van der Waals surface area contributed by atoms with E-state index in [1.54, 1.807) is 12.1 Å². The van der Waals surface area contributed by atoms with Crippen LogP contribution in [0.25, 0.3) is 0 Å². The maximum atomic E-state index is 13.6. The molecule has 9 heteroatoms. The average Bonchev–Trinajstić information content (AvgIpc) is 2.78. The predicted octanol–water partition coefficient (Wildman–Crippen LogP) is 2.76. The fourth-order valence-corrected chi connectivity index (χ4v) is 5.49. The van der Waals surface area contributed by atoms with Gasteiger partial charge in [0.1, 0.15) is 5.82 Å². The smallest absolute Gasteiger partial charge is 0.260 e. The highest BCUT2D eigenvalue weighted by molar-refractivity contribution is 7.89. The molecule has 4 rings (SSSR count). The normalized spacial score (nSPS) is 17.3. The van der Waals surface area contributed by atoms with Gasteiger partial charge in [-0.25, -0.2) is 17.2 Å². The first-order valence-electron chi connectivity index (χ1n) is 10.3. The molecule has 0 atom stereocenters. The van der Waals surface area contributed by atoms with Crippen molar-refractivity contribution < 1.29 is 26.7 Å². The van der Waals surface area contributed by atoms with Crippen molar-refractivity contribution in [2.45, 2.75) is 30.6 Å². The number of benzene rings is 2. The third-order valence-electron chi connectivity index (χ3n) is 5.79. The van der Waals surface area contributed by atoms with E-state index < -0.39 is 28.3 Å². The van der Waals surface area contributed by atoms with E-state index in [0.29, 0.717) is 11.0 Å². The molecule has 6 nitrogen and oxygen atoms in total. The van der Waals surface area contributed by atoms with Gasteiger partial charge >= 0.3 is 0 Å². The largest absolute Gasteiger partial charge is 0.481 e. The Labute approximate surface area is 180 Å². The first-order chi connectivity index (χ1) is 14.8. The van der Waals surface area contributed by atoms with Crippen LogP contribution in [0.2, 0.25) is 0 Å². The van der Waals surface area contributed by atoms with Gasteiger partial charge in [-0.15, -0.1) is 0 Å². The molecule has 2 aliphatic rings. The molecule has 1 saturated heterocycles. The minimum Gasteiger partial charge on any atom is -0.481 e. The van der Waals surface area contributed by atoms with E-state index in [1.165, 1.54) is 14.8 Å². The van der Waals surface area contributed by atoms with Crippen LogP contribution in [0.3, 0.4) is 0 Å². The second-order valence-corrected chi connectivity index (χ2v) is 9.72. The number of hydrogen-bond acceptors (Lipinski definition) is 4. The van der Waals surface area contributed by atoms with Gasteiger partial charge in [0.15, 0.2) is 18.2 Å². The van der Waals surface area contributed by atoms with Gasteiger partial charge in [0.25, 0.3) is 5.91 Å². The fourth-order valence-electron chi connectivity index (χ4n) is 4.02. The molecular formula is C22H24F2N2O4S. The van der Waals surface area contributed by atoms with Crippen LogP contribution in [0.1, 0.15) is 24.0 Å². The molecule has 31 heavy (non-hydrogen) atoms. The number of sulfonamides is 1. The maximum Gasteiger partial charge on any atom is 0.260 e. The van der Waals surface area contributed by atoms with Crippen molar-refractivity contribution in [3.63, 3.8) is 0 Å². The molecule has 0 N–H and O–H groups in total. The number of carbonyl (C=O) groups excluding carboxylic acids is 1. The van der Waals surface area contributed by atoms with E-state index in [-0.39, 0.29) is 37.8 Å². The summed E-state index contributed by atoms with van der Waals surface area (Å²) in [6.45, 7) is 0.392. The van der Waals surface area contributed by atoms with Crippen LogP contribution in [0, 0.1) is 11.6 Å². The molecular weight excluding hydrogens is 426 g/mol. The Hall–Kier alpha value is -2.52. The zero-order chi connectivity index (χ0) is 22.0. The summed E-state index contributed by atoms with van der Waals surface area (Å²) in [6.07, 6.45) is 4.09. The second-order valence-electron chi connectivity index (χ2n) is 7.79. The van der Waals surface area contributed by atoms with Gasteiger partial charge < -0.3 is 9.64 Å². The number of carbonyl (C=O) groups is 1. The van der Waals surface area contributed by atoms with E-state index in [1.807, 2.05) is 6.07 Å². The predicted molar refractivity (Wildman–Crippen MR) is 110 cm³/mol. The first-order valence-corrected chi connectivity index (χ1v) is 11.8. The summed E-state index contributed by atoms with van der Waals surface area (Å²) >= 11 is 0. The van der Waals surface area contributed by atoms with Gasteiger partial charge in [0.2, 0.25) is 10.0 Å². The molecule has 1 amide bonds. The van der Waals surface area contributed by atoms with Crippen LogP contribution >= 0.6 is 0 Å². The molecule has 2 aromatic carbocycles. The van der Waals surface area contributed by atoms with E-state index in [0.717, 1.165) is 43.4 Å². The molecule has 0 unspecified atom stereocenters. The Kier molecular flexibility index (Phi) is 6.24. The lowest BCUT2D eigenvalue weighted by molar-refractivity contribution is -0.134. The van der Waals surface area contributed by atoms with Crippen LogP contribution in [-0.4, -0.2) is 56.3 Å². The highest BCUT2D eigenvalue weighted by Gasteiger charge is 2.31. The highest BCUT2D eigenvalue weighted by atomic mass is 32.2. The molecule has 2 aromatic rings. The number of rotatable bonds is 5. The summed E-state index contributed by atoms with van der Waals surface area (Å²) in [5.41, 5.74) is 2.32. The summed E-state index contributed by atoms with van der Waals surface area (Å²) in [5.74, 6) is -2.20. The molecule has 0 spiro atoms. The Morgan fingerprint density at radius 1 is 0.935 bits per heavy atom. The van der Waals surface area contributed by atoms with Gasteiger partial charge in [0.05, 0.1) is 4.90 Å². The summed E-state index contributed by atoms with van der Waals surface area (Å²) < 4.78 is 59.2. The number of ether oxygens (including phenoxy) is 1. The molecule has 0 saturated carbocycles. The molecule has 1 aliphatic carbocycles. The van der Waals surface area contributed by atoms with E-state index in [4.69, 9.17) is 4.74 Å². The minimum absolute atomic E-state index is 0.177. The SMILES string of the molecule is O=C(COc1ccc(F)cc1F)N1CCN(S(=O)(=O)c2ccc3c(c2)CCCC3)CC1. The van der Waals surface area contributed by atoms with Gasteiger partial charge in [0, 0.05) is 32.2 Å². The summed E-state index contributed by atoms with van der Waals surface area (Å²) in [6, 6.07) is 8.22. The Bertz CT molecular complexity index is 1080. The third-order valence-corrected chi connectivity index (χ3v) is 7.69. The zero-order valence-electron chi connectivity index (χ0n) is 17.0. The lowest BCUT2D eigenvalue weighted by Gasteiger charge is -2.34. The molecule has 1 fully saturated rings. The highest BCUT2D eigenvalue weighted by Crippen LogP contribution is 2.26. The van der Waals surface area contributed by atoms with Crippen molar-refractivity contribution in [3.05, 3.63) is 59.2 Å². The van der Waals surface area contributed by atoms with Crippen molar-refractivity contribution in [3.8, 4) is 5.75 Å². The standard InChI is InChI=1S/C22H24F2N2O4S/c23-18-6-8-21(20(24)14-18)30-15-22(27)25-9-11-26(12-10-25)31(28,29)19-7-5-16-3-1-2-4-17(16)13-19/h5-8,13-14H,1-4,9-12,15H2. The van der Waals surface area contributed by atoms with E-state index >= 15 is 0 Å². The van der Waals surface area contributed by atoms with Gasteiger partial charge in [-0.3, -0.25) is 4.79 Å². The number of fused-ring (bicyclic) bond motifs is 1. The van der Waals surface area contributed by atoms with E-state index in [9.17, 15) is 22.0 Å². The van der Waals surface area contributed by atoms with Crippen LogP contribution in [0.5, 0.6) is 5.75 Å². The molecule has 1 heterocycles. The number of halogens is 2. The van der Waals surface area contributed by atoms with Gasteiger partial charge in [-0.05, 0) is 61.1 Å². The fraction of sp³-hybridized carbons (Fsp3) is 0.409. The summed E-state index contributed by atoms with van der Waals surface area (Å²) in [5, 5.41) is 0. The van der Waals surface area contributed by atoms with Crippen molar-refractivity contribution in [1.82, 2.24) is 9.21 Å².